The maximum Gasteiger partial charge on any atom is 0.322 e. The highest BCUT2D eigenvalue weighted by Gasteiger charge is 2.27. The molecule has 145 heavy (non-hydrogen) atoms. The van der Waals surface area contributed by atoms with E-state index < -0.39 is 18.4 Å². The lowest BCUT2D eigenvalue weighted by atomic mass is 9.97. The van der Waals surface area contributed by atoms with Crippen LogP contribution in [0, 0.1) is 0 Å². The molecular formula is C105H102N26O9S5. The molecule has 0 saturated carbocycles. The van der Waals surface area contributed by atoms with Gasteiger partial charge in [-0.25, -0.2) is 24.9 Å². The maximum absolute atomic E-state index is 12.7. The van der Waals surface area contributed by atoms with Gasteiger partial charge in [0.25, 0.3) is 39.6 Å². The molecule has 7 aliphatic rings. The van der Waals surface area contributed by atoms with Gasteiger partial charge < -0.3 is 46.0 Å². The molecule has 0 radical (unpaired) electrons. The monoisotopic (exact) mass is 2030 g/mol. The number of carboxylic acid groups (broad SMARTS) is 1. The van der Waals surface area contributed by atoms with E-state index in [4.69, 9.17) is 25.8 Å². The quantitative estimate of drug-likeness (QED) is 0.0580. The number of aliphatic carboxylic acids is 1. The first-order valence-electron chi connectivity index (χ1n) is 48.5. The molecule has 2 amide bonds. The molecule has 0 spiro atoms. The van der Waals surface area contributed by atoms with Gasteiger partial charge in [-0.05, 0) is 210 Å². The van der Waals surface area contributed by atoms with Crippen molar-refractivity contribution in [2.75, 3.05) is 121 Å². The van der Waals surface area contributed by atoms with Gasteiger partial charge in [-0.2, -0.15) is 48.1 Å². The molecule has 6 aromatic carbocycles. The highest BCUT2D eigenvalue weighted by atomic mass is 32.1. The summed E-state index contributed by atoms with van der Waals surface area (Å²) in [7, 11) is 0. The Morgan fingerprint density at radius 2 is 0.710 bits per heavy atom. The number of carbonyl (C=O) groups excluding carboxylic acids is 2. The van der Waals surface area contributed by atoms with E-state index in [1.807, 2.05) is 91.1 Å². The van der Waals surface area contributed by atoms with E-state index in [2.05, 4.69) is 142 Å². The molecule has 0 atom stereocenters. The number of fused-ring (bicyclic) bond motifs is 5. The molecule has 35 nitrogen and oxygen atoms in total. The Balaban J connectivity index is 0.000000110. The van der Waals surface area contributed by atoms with Crippen molar-refractivity contribution in [1.29, 1.82) is 0 Å². The van der Waals surface area contributed by atoms with Gasteiger partial charge in [0.15, 0.2) is 0 Å². The first kappa shape index (κ1) is 96.8. The van der Waals surface area contributed by atoms with E-state index >= 15 is 0 Å². The number of nitrogens with two attached hydrogens (primary N) is 1. The number of carboxylic acids is 1. The Morgan fingerprint density at radius 1 is 0.366 bits per heavy atom. The second-order valence-corrected chi connectivity index (χ2v) is 40.8. The standard InChI is InChI=1S/C22H20N6O2S.C22H23N5OS.C22H21N5OS.C20H19N5OS.C19H19N5O4S/c29-19-14-18(27-11-2-1-3-12-27)25-22-28(19)26-21(31-22)16-5-4-6-17(13-16)24-20(30)15-7-9-23-10-8-15;1-14-13-23-15(2)20(14)16-7-6-8-17(11-16)21-25-27-19(28)12-18(24-22(27)29-21)26-9-4-3-5-10-26;23-18-9-7-15(8-10-18)16-5-4-6-17(13-16)21-25-27-20(28)14-19(24-22(27)29-21)26-11-2-1-3-12-26;26-18-12-17(24-9-2-1-3-10-24)22-20-25(18)23-19(27-20)15-6-4-5-14(11-15)16-7-8-21-13-16;25-15-10-14(23-7-2-1-3-8-23)21-19-24(15)22-18(29-19)13-6-4-5-12(9-13)17(28)20-11-16(26)27/h4-10,13-14H,1-3,11-12H2,(H,24,30);6-8,11-12H,3-5,9-10,13H2,1-2H3;4-10,13-14H,1-3,11-12,23H2;4-7,11-13H,1-3,8-10H2;4-6,9-10H,1-3,7-8,11H2,(H,20,28)(H,26,27). The second-order valence-electron chi connectivity index (χ2n) is 36.0. The van der Waals surface area contributed by atoms with Gasteiger partial charge in [-0.15, -0.1) is 0 Å². The van der Waals surface area contributed by atoms with Crippen molar-refractivity contribution in [3.05, 3.63) is 286 Å². The average molecular weight is 2030 g/mol. The number of anilines is 7. The Hall–Kier alpha value is -15.7. The normalized spacial score (nSPS) is 15.3. The van der Waals surface area contributed by atoms with Crippen molar-refractivity contribution in [2.45, 2.75) is 110 Å². The van der Waals surface area contributed by atoms with E-state index in [0.717, 1.165) is 243 Å². The number of nitrogens with zero attached hydrogens (tertiary/aromatic N) is 23. The molecule has 0 aliphatic carbocycles. The summed E-state index contributed by atoms with van der Waals surface area (Å²) in [5.74, 6) is 1.89. The minimum atomic E-state index is -1.12. The first-order chi connectivity index (χ1) is 70.7. The molecule has 24 rings (SSSR count). The zero-order valence-electron chi connectivity index (χ0n) is 79.6. The molecule has 17 aromatic rings. The molecule has 736 valence electrons. The lowest BCUT2D eigenvalue weighted by Crippen LogP contribution is -2.31. The number of aromatic nitrogens is 16. The molecule has 5 saturated heterocycles. The first-order valence-corrected chi connectivity index (χ1v) is 52.6. The van der Waals surface area contributed by atoms with Gasteiger partial charge >= 0.3 is 5.97 Å². The zero-order valence-corrected chi connectivity index (χ0v) is 83.7. The summed E-state index contributed by atoms with van der Waals surface area (Å²) in [4.78, 5) is 148. The number of piperidine rings is 5. The van der Waals surface area contributed by atoms with Crippen LogP contribution in [-0.2, 0) is 4.79 Å². The van der Waals surface area contributed by atoms with Crippen LogP contribution in [0.1, 0.15) is 142 Å². The lowest BCUT2D eigenvalue weighted by Gasteiger charge is -2.27. The molecule has 40 heteroatoms. The predicted octanol–water partition coefficient (Wildman–Crippen LogP) is 16.5. The smallest absolute Gasteiger partial charge is 0.322 e. The molecule has 0 unspecified atom stereocenters. The Kier molecular flexibility index (Phi) is 29.4. The topological polar surface area (TPSA) is 412 Å². The molecule has 18 heterocycles. The Bertz CT molecular complexity index is 8190. The second kappa shape index (κ2) is 44.1. The highest BCUT2D eigenvalue weighted by Crippen LogP contribution is 2.37. The third-order valence-electron chi connectivity index (χ3n) is 25.8. The van der Waals surface area contributed by atoms with Gasteiger partial charge in [0, 0.05) is 176 Å². The van der Waals surface area contributed by atoms with Crippen molar-refractivity contribution in [2.24, 2.45) is 9.98 Å². The van der Waals surface area contributed by atoms with Crippen molar-refractivity contribution in [1.82, 2.24) is 83.3 Å². The van der Waals surface area contributed by atoms with E-state index in [1.54, 1.807) is 73.1 Å². The number of hydrogen-bond donors (Lipinski definition) is 4. The fourth-order valence-corrected chi connectivity index (χ4v) is 22.8. The minimum Gasteiger partial charge on any atom is -0.480 e. The minimum absolute atomic E-state index is 0.119. The zero-order chi connectivity index (χ0) is 99.6. The van der Waals surface area contributed by atoms with E-state index in [1.165, 1.54) is 129 Å². The van der Waals surface area contributed by atoms with Gasteiger partial charge in [-0.1, -0.05) is 154 Å². The van der Waals surface area contributed by atoms with Crippen molar-refractivity contribution < 1.29 is 19.5 Å². The molecule has 7 aliphatic heterocycles. The number of allylic oxidation sites excluding steroid dienone is 2. The van der Waals surface area contributed by atoms with Crippen molar-refractivity contribution >= 4 is 163 Å². The van der Waals surface area contributed by atoms with Gasteiger partial charge in [-0.3, -0.25) is 53.3 Å². The Morgan fingerprint density at radius 3 is 1.08 bits per heavy atom. The number of nitrogens with one attached hydrogen (secondary N) is 2. The number of nitrogen functional groups attached to an aromatic ring is 1. The van der Waals surface area contributed by atoms with E-state index in [9.17, 15) is 38.4 Å². The lowest BCUT2D eigenvalue weighted by molar-refractivity contribution is -0.135. The number of rotatable bonds is 18. The van der Waals surface area contributed by atoms with Crippen molar-refractivity contribution in [3.63, 3.8) is 0 Å². The largest absolute Gasteiger partial charge is 0.480 e. The van der Waals surface area contributed by atoms with E-state index in [-0.39, 0.29) is 33.7 Å². The summed E-state index contributed by atoms with van der Waals surface area (Å²) in [6, 6.07) is 57.8. The summed E-state index contributed by atoms with van der Waals surface area (Å²) >= 11 is 6.99. The average Bonchev–Trinajstić information content (AvgIpc) is 1.65. The van der Waals surface area contributed by atoms with Crippen molar-refractivity contribution in [3.8, 4) is 64.0 Å². The number of amides is 2. The number of pyridine rings is 1. The molecular weight excluding hydrogens is 1930 g/mol. The molecule has 11 aromatic heterocycles. The third kappa shape index (κ3) is 22.6. The van der Waals surface area contributed by atoms with Crippen LogP contribution >= 0.6 is 56.7 Å². The van der Waals surface area contributed by atoms with Crippen LogP contribution in [0.15, 0.2) is 246 Å². The van der Waals surface area contributed by atoms with Crippen LogP contribution in [0.5, 0.6) is 0 Å². The fraction of sp³-hybridized carbons (Fsp3) is 0.286. The third-order valence-corrected chi connectivity index (χ3v) is 30.6. The molecule has 5 fully saturated rings. The summed E-state index contributed by atoms with van der Waals surface area (Å²) < 4.78 is 6.85. The van der Waals surface area contributed by atoms with Gasteiger partial charge in [0.1, 0.15) is 60.7 Å². The summed E-state index contributed by atoms with van der Waals surface area (Å²) in [5.41, 5.74) is 20.8. The summed E-state index contributed by atoms with van der Waals surface area (Å²) in [5, 5.41) is 40.0. The number of benzene rings is 6. The van der Waals surface area contributed by atoms with Crippen LogP contribution in [0.25, 0.3) is 99.9 Å². The van der Waals surface area contributed by atoms with Crippen LogP contribution in [-0.4, -0.2) is 198 Å². The fourth-order valence-electron chi connectivity index (χ4n) is 18.3. The number of carbonyl (C=O) groups is 3. The van der Waals surface area contributed by atoms with Crippen LogP contribution in [0.4, 0.5) is 40.5 Å². The molecule has 0 bridgehead atoms. The maximum atomic E-state index is 12.7. The SMILES string of the molecule is CC1=NCC(C)=C1c1cccc(-c2nn3c(=O)cc(N4CCCCC4)nc3s2)c1.Nc1ccc(-c2cccc(-c3nn4c(=O)cc(N5CCCCC5)nc4s3)c2)cc1.O=C(Nc1cccc(-c2nn3c(=O)cc(N4CCCCC4)nc3s2)c1)c1ccncc1.O=C(O)CNC(=O)c1cccc(-c2nn3c(=O)cc(N4CCCCC4)nc3s2)c1.O=c1cc(N2CCCCC2)nc2sc(-c3cccc(C4=CCN=C4)c3)nn12. The Labute approximate surface area is 850 Å². The van der Waals surface area contributed by atoms with Gasteiger partial charge in [0.2, 0.25) is 24.8 Å². The highest BCUT2D eigenvalue weighted by molar-refractivity contribution is 7.21. The number of hydrogen-bond acceptors (Lipinski definition) is 32. The number of aliphatic imine (C=N–C) groups is 2. The molecule has 5 N–H and O–H groups in total. The van der Waals surface area contributed by atoms with Crippen LogP contribution in [0.2, 0.25) is 0 Å². The van der Waals surface area contributed by atoms with Crippen LogP contribution in [0.3, 0.4) is 0 Å². The summed E-state index contributed by atoms with van der Waals surface area (Å²) in [6.45, 7) is 14.6. The van der Waals surface area contributed by atoms with Gasteiger partial charge in [0.05, 0.1) is 13.1 Å². The summed E-state index contributed by atoms with van der Waals surface area (Å²) in [6.07, 6.45) is 24.6. The van der Waals surface area contributed by atoms with Crippen LogP contribution < -0.4 is 68.7 Å². The van der Waals surface area contributed by atoms with E-state index in [0.29, 0.717) is 63.0 Å². The predicted molar refractivity (Wildman–Crippen MR) is 577 cm³/mol.